The summed E-state index contributed by atoms with van der Waals surface area (Å²) in [5, 5.41) is 0. The normalized spacial score (nSPS) is 9.00. The molecule has 0 saturated carbocycles. The summed E-state index contributed by atoms with van der Waals surface area (Å²) >= 11 is 0. The maximum absolute atomic E-state index is 2.26. The summed E-state index contributed by atoms with van der Waals surface area (Å²) in [5.74, 6) is 0. The predicted molar refractivity (Wildman–Crippen MR) is 43.7 cm³/mol. The van der Waals surface area contributed by atoms with Crippen LogP contribution in [-0.2, 0) is 17.1 Å². The number of rotatable bonds is 6. The fraction of sp³-hybridized carbons (Fsp3) is 1.00. The Kier molecular flexibility index (Phi) is 16.0. The molecule has 67 valence electrons. The van der Waals surface area contributed by atoms with Gasteiger partial charge in [-0.15, -0.1) is 0 Å². The van der Waals surface area contributed by atoms with Gasteiger partial charge in [0.15, 0.2) is 0 Å². The van der Waals surface area contributed by atoms with Crippen LogP contribution < -0.4 is 0 Å². The second kappa shape index (κ2) is 12.2. The maximum Gasteiger partial charge on any atom is 0 e. The van der Waals surface area contributed by atoms with Gasteiger partial charge in [-0.05, 0) is 0 Å². The molecule has 0 N–H and O–H groups in total. The van der Waals surface area contributed by atoms with Gasteiger partial charge in [0.25, 0.3) is 0 Å². The summed E-state index contributed by atoms with van der Waals surface area (Å²) < 4.78 is 0. The van der Waals surface area contributed by atoms with Crippen LogP contribution in [0, 0.1) is 0 Å². The predicted octanol–water partition coefficient (Wildman–Crippen LogP) is 3.75. The molecule has 0 aliphatic rings. The van der Waals surface area contributed by atoms with Gasteiger partial charge in [-0.3, -0.25) is 0 Å². The molecule has 0 bridgehead atoms. The summed E-state index contributed by atoms with van der Waals surface area (Å²) in [5.41, 5.74) is 0. The summed E-state index contributed by atoms with van der Waals surface area (Å²) in [6.07, 6.45) is 9.97. The zero-order valence-electron chi connectivity index (χ0n) is 7.25. The quantitative estimate of drug-likeness (QED) is 0.443. The minimum atomic E-state index is 0. The Labute approximate surface area is 76.3 Å². The standard InChI is InChI=1S/C9H20.Cu/c1-3-5-7-9-8-6-4-2;/h3-9H2,1-2H3;. The van der Waals surface area contributed by atoms with Gasteiger partial charge in [0.2, 0.25) is 0 Å². The van der Waals surface area contributed by atoms with Crippen molar-refractivity contribution in [1.29, 1.82) is 0 Å². The van der Waals surface area contributed by atoms with E-state index in [0.717, 1.165) is 0 Å². The third-order valence-electron chi connectivity index (χ3n) is 1.71. The minimum absolute atomic E-state index is 0. The molecule has 0 aromatic heterocycles. The van der Waals surface area contributed by atoms with Crippen molar-refractivity contribution in [3.63, 3.8) is 0 Å². The van der Waals surface area contributed by atoms with Crippen molar-refractivity contribution in [1.82, 2.24) is 0 Å². The van der Waals surface area contributed by atoms with E-state index in [-0.39, 0.29) is 17.1 Å². The molecule has 0 rings (SSSR count). The second-order valence-electron chi connectivity index (χ2n) is 2.77. The Morgan fingerprint density at radius 2 is 0.900 bits per heavy atom. The van der Waals surface area contributed by atoms with Crippen molar-refractivity contribution in [2.24, 2.45) is 0 Å². The van der Waals surface area contributed by atoms with Gasteiger partial charge in [-0.2, -0.15) is 0 Å². The first-order chi connectivity index (χ1) is 4.41. The summed E-state index contributed by atoms with van der Waals surface area (Å²) in [7, 11) is 0. The van der Waals surface area contributed by atoms with E-state index in [1.165, 1.54) is 44.9 Å². The molecule has 1 radical (unpaired) electrons. The fourth-order valence-electron chi connectivity index (χ4n) is 1.03. The summed E-state index contributed by atoms with van der Waals surface area (Å²) in [6, 6.07) is 0. The smallest absolute Gasteiger partial charge is 0 e. The van der Waals surface area contributed by atoms with E-state index in [1.54, 1.807) is 0 Å². The van der Waals surface area contributed by atoms with Crippen LogP contribution in [0.4, 0.5) is 0 Å². The van der Waals surface area contributed by atoms with Crippen LogP contribution in [0.15, 0.2) is 0 Å². The third kappa shape index (κ3) is 11.3. The number of hydrogen-bond donors (Lipinski definition) is 0. The molecule has 0 nitrogen and oxygen atoms in total. The maximum atomic E-state index is 2.26. The molecular weight excluding hydrogens is 172 g/mol. The van der Waals surface area contributed by atoms with Crippen LogP contribution in [0.1, 0.15) is 58.8 Å². The van der Waals surface area contributed by atoms with Crippen LogP contribution in [0.2, 0.25) is 0 Å². The first-order valence-electron chi connectivity index (χ1n) is 4.41. The van der Waals surface area contributed by atoms with Gasteiger partial charge >= 0.3 is 0 Å². The Balaban J connectivity index is 0. The average Bonchev–Trinajstić information content (AvgIpc) is 1.89. The first kappa shape index (κ1) is 13.1. The molecule has 0 aliphatic carbocycles. The molecule has 0 spiro atoms. The van der Waals surface area contributed by atoms with Crippen molar-refractivity contribution in [3.05, 3.63) is 0 Å². The SMILES string of the molecule is CCCCCCCCC.[Cu]. The molecule has 0 aromatic carbocycles. The monoisotopic (exact) mass is 191 g/mol. The van der Waals surface area contributed by atoms with Crippen LogP contribution in [-0.4, -0.2) is 0 Å². The van der Waals surface area contributed by atoms with Crippen molar-refractivity contribution >= 4 is 0 Å². The molecule has 0 aliphatic heterocycles. The Morgan fingerprint density at radius 3 is 1.20 bits per heavy atom. The van der Waals surface area contributed by atoms with E-state index < -0.39 is 0 Å². The molecule has 0 atom stereocenters. The first-order valence-corrected chi connectivity index (χ1v) is 4.41. The average molecular weight is 192 g/mol. The molecule has 10 heavy (non-hydrogen) atoms. The van der Waals surface area contributed by atoms with E-state index >= 15 is 0 Å². The van der Waals surface area contributed by atoms with Crippen LogP contribution in [0.25, 0.3) is 0 Å². The van der Waals surface area contributed by atoms with Gasteiger partial charge in [0.1, 0.15) is 0 Å². The van der Waals surface area contributed by atoms with E-state index in [1.807, 2.05) is 0 Å². The zero-order chi connectivity index (χ0) is 6.95. The molecule has 0 heterocycles. The van der Waals surface area contributed by atoms with Crippen LogP contribution >= 0.6 is 0 Å². The van der Waals surface area contributed by atoms with Crippen LogP contribution in [0.3, 0.4) is 0 Å². The van der Waals surface area contributed by atoms with E-state index in [0.29, 0.717) is 0 Å². The summed E-state index contributed by atoms with van der Waals surface area (Å²) in [6.45, 7) is 4.53. The molecule has 0 saturated heterocycles. The van der Waals surface area contributed by atoms with Crippen molar-refractivity contribution in [2.75, 3.05) is 0 Å². The molecule has 1 heteroatoms. The van der Waals surface area contributed by atoms with Gasteiger partial charge in [-0.1, -0.05) is 58.8 Å². The Hall–Kier alpha value is 0.519. The largest absolute Gasteiger partial charge is 0.0654 e. The summed E-state index contributed by atoms with van der Waals surface area (Å²) in [4.78, 5) is 0. The van der Waals surface area contributed by atoms with Crippen LogP contribution in [0.5, 0.6) is 0 Å². The zero-order valence-corrected chi connectivity index (χ0v) is 8.19. The van der Waals surface area contributed by atoms with E-state index in [4.69, 9.17) is 0 Å². The van der Waals surface area contributed by atoms with E-state index in [9.17, 15) is 0 Å². The van der Waals surface area contributed by atoms with Crippen molar-refractivity contribution < 1.29 is 17.1 Å². The minimum Gasteiger partial charge on any atom is -0.0654 e. The number of unbranched alkanes of at least 4 members (excludes halogenated alkanes) is 6. The molecule has 0 fully saturated rings. The topological polar surface area (TPSA) is 0 Å². The van der Waals surface area contributed by atoms with Crippen molar-refractivity contribution in [3.8, 4) is 0 Å². The van der Waals surface area contributed by atoms with Gasteiger partial charge < -0.3 is 0 Å². The van der Waals surface area contributed by atoms with Gasteiger partial charge in [0, 0.05) is 17.1 Å². The Morgan fingerprint density at radius 1 is 0.600 bits per heavy atom. The van der Waals surface area contributed by atoms with Gasteiger partial charge in [-0.25, -0.2) is 0 Å². The molecule has 0 unspecified atom stereocenters. The van der Waals surface area contributed by atoms with Crippen molar-refractivity contribution in [2.45, 2.75) is 58.8 Å². The number of hydrogen-bond acceptors (Lipinski definition) is 0. The Bertz CT molecular complexity index is 38.0. The van der Waals surface area contributed by atoms with Gasteiger partial charge in [0.05, 0.1) is 0 Å². The molecule has 0 amide bonds. The molecule has 0 aromatic rings. The second-order valence-corrected chi connectivity index (χ2v) is 2.77. The fourth-order valence-corrected chi connectivity index (χ4v) is 1.03. The molecular formula is C9H20Cu. The third-order valence-corrected chi connectivity index (χ3v) is 1.71. The van der Waals surface area contributed by atoms with E-state index in [2.05, 4.69) is 13.8 Å².